The van der Waals surface area contributed by atoms with Crippen LogP contribution in [0.3, 0.4) is 0 Å². The van der Waals surface area contributed by atoms with Gasteiger partial charge in [-0.05, 0) is 0 Å². The fraction of sp³-hybridized carbons (Fsp3) is 0.143. The molecule has 1 N–H and O–H groups in total. The molecule has 0 radical (unpaired) electrons. The minimum Gasteiger partial charge on any atom is -0.763 e. The molecule has 1 aliphatic heterocycles. The Bertz CT molecular complexity index is 357. The number of nitrogens with zero attached hydrogens (tertiary/aromatic N) is 2. The van der Waals surface area contributed by atoms with E-state index in [1.54, 1.807) is 5.87 Å². The summed E-state index contributed by atoms with van der Waals surface area (Å²) in [6.45, 7) is 0. The summed E-state index contributed by atoms with van der Waals surface area (Å²) in [5.74, 6) is 1.25. The Morgan fingerprint density at radius 3 is 2.83 bits per heavy atom. The number of rotatable bonds is 0. The summed E-state index contributed by atoms with van der Waals surface area (Å²) < 4.78 is 0. The van der Waals surface area contributed by atoms with E-state index >= 15 is 0 Å². The fourth-order valence-electron chi connectivity index (χ4n) is 0.782. The third-order valence-corrected chi connectivity index (χ3v) is 1.80. The molecule has 0 saturated carbocycles. The second-order valence-corrected chi connectivity index (χ2v) is 2.61. The molecule has 0 aliphatic carbocycles. The molecular weight excluding hydrogens is 174 g/mol. The molecule has 60 valence electrons. The van der Waals surface area contributed by atoms with Gasteiger partial charge in [0.25, 0.3) is 5.91 Å². The molecule has 0 fully saturated rings. The summed E-state index contributed by atoms with van der Waals surface area (Å²) in [5, 5.41) is 19.5. The van der Waals surface area contributed by atoms with E-state index in [1.165, 1.54) is 0 Å². The van der Waals surface area contributed by atoms with Crippen LogP contribution in [0.2, 0.25) is 0 Å². The van der Waals surface area contributed by atoms with Crippen molar-refractivity contribution in [1.82, 2.24) is 5.32 Å². The number of nitriles is 1. The van der Waals surface area contributed by atoms with Crippen molar-refractivity contribution in [2.24, 2.45) is 0 Å². The topological polar surface area (TPSA) is 75.2 Å². The van der Waals surface area contributed by atoms with Crippen LogP contribution in [-0.4, -0.2) is 11.8 Å². The minimum absolute atomic E-state index is 0.0457. The molecule has 0 aromatic rings. The summed E-state index contributed by atoms with van der Waals surface area (Å²) in [6.07, 6.45) is 0.0810. The van der Waals surface area contributed by atoms with E-state index in [-0.39, 0.29) is 17.0 Å². The molecule has 0 aromatic carbocycles. The number of thiol groups is 1. The Balaban J connectivity index is 3.10. The number of carbonyl (C=O) groups is 1. The van der Waals surface area contributed by atoms with Crippen LogP contribution >= 0.6 is 12.6 Å². The van der Waals surface area contributed by atoms with Gasteiger partial charge in [0, 0.05) is 12.0 Å². The molecule has 12 heavy (non-hydrogen) atoms. The lowest BCUT2D eigenvalue weighted by atomic mass is 10.1. The molecule has 4 nitrogen and oxygen atoms in total. The van der Waals surface area contributed by atoms with Crippen LogP contribution in [0, 0.1) is 11.3 Å². The predicted octanol–water partition coefficient (Wildman–Crippen LogP) is 0.337. The molecule has 5 heteroatoms. The number of carbonyl (C=O) groups excluding carboxylic acids is 1. The van der Waals surface area contributed by atoms with Crippen molar-refractivity contribution < 1.29 is 4.79 Å². The van der Waals surface area contributed by atoms with Crippen LogP contribution in [0.4, 0.5) is 0 Å². The quantitative estimate of drug-likeness (QED) is 0.319. The number of nitrogens with one attached hydrogen (secondary N) is 1. The molecule has 1 aliphatic rings. The van der Waals surface area contributed by atoms with E-state index in [4.69, 9.17) is 10.7 Å². The van der Waals surface area contributed by atoms with E-state index in [9.17, 15) is 4.79 Å². The highest BCUT2D eigenvalue weighted by molar-refractivity contribution is 7.84. The fourth-order valence-corrected chi connectivity index (χ4v) is 1.01. The largest absolute Gasteiger partial charge is 0.763 e. The second-order valence-electron chi connectivity index (χ2n) is 2.16. The normalized spacial score (nSPS) is 16.7. The maximum absolute atomic E-state index is 10.9. The van der Waals surface area contributed by atoms with E-state index in [0.717, 1.165) is 0 Å². The maximum atomic E-state index is 10.9. The maximum Gasteiger partial charge on any atom is 0.258 e. The first kappa shape index (κ1) is 8.60. The zero-order valence-corrected chi connectivity index (χ0v) is 6.85. The smallest absolute Gasteiger partial charge is 0.258 e. The van der Waals surface area contributed by atoms with Gasteiger partial charge in [-0.25, -0.2) is 0 Å². The molecule has 1 heterocycles. The van der Waals surface area contributed by atoms with Gasteiger partial charge in [0.15, 0.2) is 0 Å². The van der Waals surface area contributed by atoms with E-state index in [2.05, 4.69) is 17.9 Å². The molecule has 0 saturated heterocycles. The summed E-state index contributed by atoms with van der Waals surface area (Å²) in [6, 6.07) is 1.86. The highest BCUT2D eigenvalue weighted by Crippen LogP contribution is 2.19. The SMILES string of the molecule is N#CC1=C(S)NC(=O)C(=C=[N-])C1. The van der Waals surface area contributed by atoms with E-state index < -0.39 is 5.91 Å². The second kappa shape index (κ2) is 3.26. The van der Waals surface area contributed by atoms with Crippen molar-refractivity contribution in [3.8, 4) is 6.07 Å². The summed E-state index contributed by atoms with van der Waals surface area (Å²) >= 11 is 3.88. The van der Waals surface area contributed by atoms with Crippen LogP contribution in [-0.2, 0) is 4.79 Å². The average Bonchev–Trinajstić information content (AvgIpc) is 2.05. The van der Waals surface area contributed by atoms with Gasteiger partial charge in [-0.15, -0.1) is 12.6 Å². The summed E-state index contributed by atoms with van der Waals surface area (Å²) in [7, 11) is 0. The predicted molar refractivity (Wildman–Crippen MR) is 46.3 cm³/mol. The molecule has 1 rings (SSSR count). The number of hydrogen-bond donors (Lipinski definition) is 2. The van der Waals surface area contributed by atoms with Gasteiger partial charge < -0.3 is 10.7 Å². The Hall–Kier alpha value is -1.50. The van der Waals surface area contributed by atoms with Gasteiger partial charge in [0.2, 0.25) is 0 Å². The van der Waals surface area contributed by atoms with E-state index in [1.807, 2.05) is 6.07 Å². The Kier molecular flexibility index (Phi) is 2.34. The van der Waals surface area contributed by atoms with Crippen molar-refractivity contribution >= 4 is 24.4 Å². The lowest BCUT2D eigenvalue weighted by molar-refractivity contribution is -0.116. The van der Waals surface area contributed by atoms with Crippen LogP contribution < -0.4 is 5.32 Å². The molecule has 0 atom stereocenters. The minimum atomic E-state index is -0.471. The highest BCUT2D eigenvalue weighted by atomic mass is 32.1. The van der Waals surface area contributed by atoms with Gasteiger partial charge in [0.05, 0.1) is 16.7 Å². The van der Waals surface area contributed by atoms with Crippen molar-refractivity contribution in [2.45, 2.75) is 6.42 Å². The van der Waals surface area contributed by atoms with Crippen LogP contribution in [0.25, 0.3) is 5.41 Å². The number of hydrogen-bond acceptors (Lipinski definition) is 3. The van der Waals surface area contributed by atoms with Gasteiger partial charge in [-0.3, -0.25) is 10.7 Å². The molecule has 0 aromatic heterocycles. The van der Waals surface area contributed by atoms with Crippen LogP contribution in [0.15, 0.2) is 16.2 Å². The highest BCUT2D eigenvalue weighted by Gasteiger charge is 2.18. The third-order valence-electron chi connectivity index (χ3n) is 1.42. The monoisotopic (exact) mass is 178 g/mol. The molecule has 0 spiro atoms. The third kappa shape index (κ3) is 1.40. The van der Waals surface area contributed by atoms with Gasteiger partial charge in [-0.2, -0.15) is 5.26 Å². The van der Waals surface area contributed by atoms with Crippen LogP contribution in [0.5, 0.6) is 0 Å². The Labute approximate surface area is 74.5 Å². The first-order chi connectivity index (χ1) is 5.69. The average molecular weight is 178 g/mol. The van der Waals surface area contributed by atoms with Crippen LogP contribution in [0.1, 0.15) is 6.42 Å². The number of allylic oxidation sites excluding steroid dienone is 1. The van der Waals surface area contributed by atoms with Crippen molar-refractivity contribution in [3.05, 3.63) is 21.6 Å². The Morgan fingerprint density at radius 1 is 1.67 bits per heavy atom. The Morgan fingerprint density at radius 2 is 2.33 bits per heavy atom. The van der Waals surface area contributed by atoms with E-state index in [0.29, 0.717) is 5.57 Å². The summed E-state index contributed by atoms with van der Waals surface area (Å²) in [5.41, 5.74) is 0.360. The van der Waals surface area contributed by atoms with Crippen molar-refractivity contribution in [3.63, 3.8) is 0 Å². The number of amides is 1. The molecular formula is C7H4N3OS-. The van der Waals surface area contributed by atoms with Gasteiger partial charge >= 0.3 is 0 Å². The zero-order valence-electron chi connectivity index (χ0n) is 5.96. The molecule has 0 unspecified atom stereocenters. The van der Waals surface area contributed by atoms with Gasteiger partial charge in [0.1, 0.15) is 0 Å². The van der Waals surface area contributed by atoms with Gasteiger partial charge in [-0.1, -0.05) is 0 Å². The van der Waals surface area contributed by atoms with Crippen molar-refractivity contribution in [1.29, 1.82) is 5.26 Å². The first-order valence-electron chi connectivity index (χ1n) is 3.08. The standard InChI is InChI=1S/C7H4N3OS/c8-2-4-1-5(3-9)7(12)10-6(4)11/h12H,1H2,(H,10,11)/q-1. The molecule has 1 amide bonds. The lowest BCUT2D eigenvalue weighted by Gasteiger charge is -2.14. The summed E-state index contributed by atoms with van der Waals surface area (Å²) in [4.78, 5) is 10.9. The molecule has 0 bridgehead atoms. The lowest BCUT2D eigenvalue weighted by Crippen LogP contribution is -2.28. The first-order valence-corrected chi connectivity index (χ1v) is 3.53. The van der Waals surface area contributed by atoms with Crippen molar-refractivity contribution in [2.75, 3.05) is 0 Å². The zero-order chi connectivity index (χ0) is 9.14.